The van der Waals surface area contributed by atoms with E-state index >= 15 is 0 Å². The van der Waals surface area contributed by atoms with E-state index in [0.717, 1.165) is 21.3 Å². The van der Waals surface area contributed by atoms with Crippen LogP contribution in [0.25, 0.3) is 11.0 Å². The van der Waals surface area contributed by atoms with E-state index in [1.807, 2.05) is 12.1 Å². The Morgan fingerprint density at radius 1 is 0.621 bits per heavy atom. The number of aromatic nitrogens is 2. The molecular formula is C26H19BrN2. The molecule has 0 aliphatic heterocycles. The van der Waals surface area contributed by atoms with E-state index in [1.54, 1.807) is 0 Å². The lowest BCUT2D eigenvalue weighted by molar-refractivity contribution is 0.695. The van der Waals surface area contributed by atoms with Crippen molar-refractivity contribution in [2.45, 2.75) is 5.41 Å². The van der Waals surface area contributed by atoms with E-state index in [4.69, 9.17) is 4.98 Å². The maximum atomic E-state index is 5.08. The molecule has 0 spiro atoms. The summed E-state index contributed by atoms with van der Waals surface area (Å²) in [6, 6.07) is 38.0. The molecule has 1 heterocycles. The number of aromatic amines is 1. The molecular weight excluding hydrogens is 420 g/mol. The van der Waals surface area contributed by atoms with Crippen LogP contribution in [-0.2, 0) is 5.41 Å². The van der Waals surface area contributed by atoms with Crippen LogP contribution in [0.5, 0.6) is 0 Å². The maximum Gasteiger partial charge on any atom is 0.126 e. The van der Waals surface area contributed by atoms with Crippen molar-refractivity contribution in [3.05, 3.63) is 136 Å². The highest BCUT2D eigenvalue weighted by molar-refractivity contribution is 9.10. The van der Waals surface area contributed by atoms with E-state index in [0.29, 0.717) is 0 Å². The van der Waals surface area contributed by atoms with Gasteiger partial charge in [0.25, 0.3) is 0 Å². The third-order valence-corrected chi connectivity index (χ3v) is 5.91. The number of hydrogen-bond acceptors (Lipinski definition) is 1. The lowest BCUT2D eigenvalue weighted by Gasteiger charge is -2.34. The summed E-state index contributed by atoms with van der Waals surface area (Å²) >= 11 is 3.58. The number of benzene rings is 4. The lowest BCUT2D eigenvalue weighted by Crippen LogP contribution is -2.32. The standard InChI is InChI=1S/C26H19BrN2/c27-22-16-17-23-24(18-22)29-25(28-23)26(19-10-4-1-5-11-19,20-12-6-2-7-13-20)21-14-8-3-9-15-21/h1-18H,(H,28,29). The predicted octanol–water partition coefficient (Wildman–Crippen LogP) is 6.71. The predicted molar refractivity (Wildman–Crippen MR) is 122 cm³/mol. The van der Waals surface area contributed by atoms with Crippen molar-refractivity contribution in [2.24, 2.45) is 0 Å². The van der Waals surface area contributed by atoms with Crippen LogP contribution in [-0.4, -0.2) is 9.97 Å². The van der Waals surface area contributed by atoms with Gasteiger partial charge in [0, 0.05) is 4.47 Å². The van der Waals surface area contributed by atoms with Crippen LogP contribution in [0.4, 0.5) is 0 Å². The average molecular weight is 439 g/mol. The summed E-state index contributed by atoms with van der Waals surface area (Å²) in [5, 5.41) is 0. The van der Waals surface area contributed by atoms with Crippen LogP contribution in [0.3, 0.4) is 0 Å². The summed E-state index contributed by atoms with van der Waals surface area (Å²) in [5.41, 5.74) is 4.95. The number of nitrogens with zero attached hydrogens (tertiary/aromatic N) is 1. The number of nitrogens with one attached hydrogen (secondary N) is 1. The third-order valence-electron chi connectivity index (χ3n) is 5.42. The van der Waals surface area contributed by atoms with Crippen LogP contribution in [0.2, 0.25) is 0 Å². The maximum absolute atomic E-state index is 5.08. The Labute approximate surface area is 178 Å². The molecule has 0 bridgehead atoms. The Morgan fingerprint density at radius 2 is 1.10 bits per heavy atom. The SMILES string of the molecule is Brc1ccc2nc(C(c3ccccc3)(c3ccccc3)c3ccccc3)[nH]c2c1. The van der Waals surface area contributed by atoms with E-state index in [9.17, 15) is 0 Å². The summed E-state index contributed by atoms with van der Waals surface area (Å²) in [7, 11) is 0. The van der Waals surface area contributed by atoms with Gasteiger partial charge in [-0.15, -0.1) is 0 Å². The van der Waals surface area contributed by atoms with E-state index in [-0.39, 0.29) is 0 Å². The Hall–Kier alpha value is -3.17. The number of imidazole rings is 1. The highest BCUT2D eigenvalue weighted by Crippen LogP contribution is 2.44. The molecule has 0 unspecified atom stereocenters. The first kappa shape index (κ1) is 17.9. The first-order valence-corrected chi connectivity index (χ1v) is 10.4. The van der Waals surface area contributed by atoms with Crippen LogP contribution in [0, 0.1) is 0 Å². The third kappa shape index (κ3) is 2.99. The molecule has 140 valence electrons. The Morgan fingerprint density at radius 3 is 1.59 bits per heavy atom. The molecule has 1 N–H and O–H groups in total. The molecule has 5 rings (SSSR count). The smallest absolute Gasteiger partial charge is 0.126 e. The Kier molecular flexibility index (Phi) is 4.53. The largest absolute Gasteiger partial charge is 0.341 e. The van der Waals surface area contributed by atoms with E-state index < -0.39 is 5.41 Å². The van der Waals surface area contributed by atoms with Crippen molar-refractivity contribution in [1.82, 2.24) is 9.97 Å². The van der Waals surface area contributed by atoms with Gasteiger partial charge in [-0.3, -0.25) is 0 Å². The van der Waals surface area contributed by atoms with Gasteiger partial charge in [-0.1, -0.05) is 107 Å². The summed E-state index contributed by atoms with van der Waals surface area (Å²) < 4.78 is 1.03. The molecule has 0 atom stereocenters. The lowest BCUT2D eigenvalue weighted by atomic mass is 9.69. The highest BCUT2D eigenvalue weighted by atomic mass is 79.9. The molecule has 0 amide bonds. The van der Waals surface area contributed by atoms with Gasteiger partial charge >= 0.3 is 0 Å². The number of fused-ring (bicyclic) bond motifs is 1. The van der Waals surface area contributed by atoms with Crippen molar-refractivity contribution in [3.63, 3.8) is 0 Å². The average Bonchev–Trinajstić information content (AvgIpc) is 3.20. The number of H-pyrrole nitrogens is 1. The summed E-state index contributed by atoms with van der Waals surface area (Å²) in [6.45, 7) is 0. The van der Waals surface area contributed by atoms with Crippen LogP contribution in [0.1, 0.15) is 22.5 Å². The second kappa shape index (κ2) is 7.34. The molecule has 5 aromatic rings. The fraction of sp³-hybridized carbons (Fsp3) is 0.0385. The normalized spacial score (nSPS) is 11.6. The van der Waals surface area contributed by atoms with Crippen molar-refractivity contribution in [2.75, 3.05) is 0 Å². The molecule has 1 aromatic heterocycles. The van der Waals surface area contributed by atoms with Gasteiger partial charge in [0.1, 0.15) is 11.2 Å². The van der Waals surface area contributed by atoms with E-state index in [1.165, 1.54) is 16.7 Å². The first-order valence-electron chi connectivity index (χ1n) is 9.61. The summed E-state index contributed by atoms with van der Waals surface area (Å²) in [4.78, 5) is 8.71. The molecule has 0 radical (unpaired) electrons. The monoisotopic (exact) mass is 438 g/mol. The quantitative estimate of drug-likeness (QED) is 0.310. The van der Waals surface area contributed by atoms with Gasteiger partial charge in [-0.25, -0.2) is 4.98 Å². The van der Waals surface area contributed by atoms with Gasteiger partial charge in [0.15, 0.2) is 0 Å². The second-order valence-electron chi connectivity index (χ2n) is 7.09. The highest BCUT2D eigenvalue weighted by Gasteiger charge is 2.41. The molecule has 0 fully saturated rings. The molecule has 0 saturated heterocycles. The summed E-state index contributed by atoms with van der Waals surface area (Å²) in [6.07, 6.45) is 0. The number of rotatable bonds is 4. The van der Waals surface area contributed by atoms with Gasteiger partial charge in [-0.05, 0) is 34.9 Å². The van der Waals surface area contributed by atoms with Crippen LogP contribution >= 0.6 is 15.9 Å². The minimum Gasteiger partial charge on any atom is -0.341 e. The van der Waals surface area contributed by atoms with Crippen molar-refractivity contribution in [3.8, 4) is 0 Å². The summed E-state index contributed by atoms with van der Waals surface area (Å²) in [5.74, 6) is 0.911. The van der Waals surface area contributed by atoms with Gasteiger partial charge in [0.05, 0.1) is 11.0 Å². The van der Waals surface area contributed by atoms with Crippen molar-refractivity contribution >= 4 is 27.0 Å². The number of halogens is 1. The molecule has 0 aliphatic rings. The Bertz CT molecular complexity index is 1150. The van der Waals surface area contributed by atoms with Crippen LogP contribution < -0.4 is 0 Å². The fourth-order valence-corrected chi connectivity index (χ4v) is 4.50. The van der Waals surface area contributed by atoms with Crippen LogP contribution in [0.15, 0.2) is 114 Å². The minimum atomic E-state index is -0.546. The molecule has 2 nitrogen and oxygen atoms in total. The van der Waals surface area contributed by atoms with Crippen molar-refractivity contribution < 1.29 is 0 Å². The first-order chi connectivity index (χ1) is 14.3. The van der Waals surface area contributed by atoms with Gasteiger partial charge < -0.3 is 4.98 Å². The molecule has 29 heavy (non-hydrogen) atoms. The molecule has 3 heteroatoms. The molecule has 0 saturated carbocycles. The fourth-order valence-electron chi connectivity index (χ4n) is 4.13. The van der Waals surface area contributed by atoms with Crippen molar-refractivity contribution in [1.29, 1.82) is 0 Å². The number of hydrogen-bond donors (Lipinski definition) is 1. The Balaban J connectivity index is 1.92. The minimum absolute atomic E-state index is 0.546. The zero-order valence-corrected chi connectivity index (χ0v) is 17.3. The topological polar surface area (TPSA) is 28.7 Å². The van der Waals surface area contributed by atoms with Gasteiger partial charge in [-0.2, -0.15) is 0 Å². The zero-order valence-electron chi connectivity index (χ0n) is 15.7. The second-order valence-corrected chi connectivity index (χ2v) is 8.01. The molecule has 0 aliphatic carbocycles. The van der Waals surface area contributed by atoms with Gasteiger partial charge in [0.2, 0.25) is 0 Å². The van der Waals surface area contributed by atoms with E-state index in [2.05, 4.69) is 118 Å². The zero-order chi connectivity index (χ0) is 19.7. The molecule has 4 aromatic carbocycles.